The van der Waals surface area contributed by atoms with Gasteiger partial charge in [-0.05, 0) is 0 Å². The first kappa shape index (κ1) is 15.3. The van der Waals surface area contributed by atoms with Crippen LogP contribution < -0.4 is 0 Å². The summed E-state index contributed by atoms with van der Waals surface area (Å²) in [5.41, 5.74) is 0. The van der Waals surface area contributed by atoms with Crippen molar-refractivity contribution in [3.63, 3.8) is 0 Å². The molecule has 0 atom stereocenters. The zero-order valence-corrected chi connectivity index (χ0v) is 9.24. The zero-order chi connectivity index (χ0) is 13.5. The summed E-state index contributed by atoms with van der Waals surface area (Å²) in [6.45, 7) is -0.707. The Kier molecular flexibility index (Phi) is 6.15. The standard InChI is InChI=1S/C5H8F3NO2.C3H4O3/c1-9(2)4(10)11-3-5(6,7)8;4-3-5-1-2-6-3/h3H2,1-2H3;1-2H2. The van der Waals surface area contributed by atoms with Crippen LogP contribution in [0.1, 0.15) is 0 Å². The average Bonchev–Trinajstić information content (AvgIpc) is 2.65. The van der Waals surface area contributed by atoms with Crippen molar-refractivity contribution in [3.05, 3.63) is 0 Å². The van der Waals surface area contributed by atoms with Gasteiger partial charge in [0.05, 0.1) is 0 Å². The SMILES string of the molecule is CN(C)C(=O)OCC(F)(F)F.O=C1OCCO1. The van der Waals surface area contributed by atoms with Gasteiger partial charge < -0.3 is 19.1 Å². The number of hydrogen-bond acceptors (Lipinski definition) is 5. The molecule has 9 heteroatoms. The van der Waals surface area contributed by atoms with E-state index in [2.05, 4.69) is 14.2 Å². The second kappa shape index (κ2) is 6.81. The number of ether oxygens (including phenoxy) is 3. The summed E-state index contributed by atoms with van der Waals surface area (Å²) >= 11 is 0. The monoisotopic (exact) mass is 259 g/mol. The van der Waals surface area contributed by atoms with Crippen LogP contribution in [0, 0.1) is 0 Å². The topological polar surface area (TPSA) is 65.1 Å². The minimum atomic E-state index is -4.45. The Morgan fingerprint density at radius 3 is 2.06 bits per heavy atom. The van der Waals surface area contributed by atoms with E-state index in [1.807, 2.05) is 0 Å². The van der Waals surface area contributed by atoms with E-state index in [1.165, 1.54) is 14.1 Å². The van der Waals surface area contributed by atoms with Gasteiger partial charge in [-0.1, -0.05) is 0 Å². The number of amides is 1. The predicted molar refractivity (Wildman–Crippen MR) is 48.4 cm³/mol. The molecule has 1 fully saturated rings. The van der Waals surface area contributed by atoms with Crippen molar-refractivity contribution in [2.45, 2.75) is 6.18 Å². The number of cyclic esters (lactones) is 2. The number of alkyl halides is 3. The van der Waals surface area contributed by atoms with Crippen LogP contribution in [0.2, 0.25) is 0 Å². The second-order valence-corrected chi connectivity index (χ2v) is 3.01. The second-order valence-electron chi connectivity index (χ2n) is 3.01. The van der Waals surface area contributed by atoms with Crippen LogP contribution in [0.15, 0.2) is 0 Å². The summed E-state index contributed by atoms with van der Waals surface area (Å²) in [6.07, 6.45) is -6.00. The lowest BCUT2D eigenvalue weighted by Gasteiger charge is -2.11. The molecular formula is C8H12F3NO5. The molecule has 17 heavy (non-hydrogen) atoms. The van der Waals surface area contributed by atoms with Crippen LogP contribution in [0.3, 0.4) is 0 Å². The van der Waals surface area contributed by atoms with E-state index in [4.69, 9.17) is 0 Å². The fourth-order valence-corrected chi connectivity index (χ4v) is 0.564. The van der Waals surface area contributed by atoms with Gasteiger partial charge in [0.2, 0.25) is 0 Å². The van der Waals surface area contributed by atoms with Crippen LogP contribution in [0.5, 0.6) is 0 Å². The van der Waals surface area contributed by atoms with Gasteiger partial charge >= 0.3 is 18.4 Å². The van der Waals surface area contributed by atoms with Crippen LogP contribution in [0.25, 0.3) is 0 Å². The predicted octanol–water partition coefficient (Wildman–Crippen LogP) is 1.40. The molecule has 0 radical (unpaired) electrons. The maximum atomic E-state index is 11.4. The minimum absolute atomic E-state index is 0.416. The van der Waals surface area contributed by atoms with Gasteiger partial charge in [0.15, 0.2) is 6.61 Å². The van der Waals surface area contributed by atoms with Gasteiger partial charge in [0.25, 0.3) is 0 Å². The van der Waals surface area contributed by atoms with Crippen LogP contribution in [-0.4, -0.2) is 57.2 Å². The van der Waals surface area contributed by atoms with Gasteiger partial charge in [-0.3, -0.25) is 0 Å². The highest BCUT2D eigenvalue weighted by atomic mass is 19.4. The highest BCUT2D eigenvalue weighted by molar-refractivity contribution is 5.66. The Bertz CT molecular complexity index is 258. The van der Waals surface area contributed by atoms with E-state index >= 15 is 0 Å². The van der Waals surface area contributed by atoms with Crippen LogP contribution in [-0.2, 0) is 14.2 Å². The fourth-order valence-electron chi connectivity index (χ4n) is 0.564. The smallest absolute Gasteiger partial charge is 0.440 e. The summed E-state index contributed by atoms with van der Waals surface area (Å²) in [5, 5.41) is 0. The number of rotatable bonds is 1. The molecule has 0 spiro atoms. The highest BCUT2D eigenvalue weighted by Crippen LogP contribution is 2.14. The lowest BCUT2D eigenvalue weighted by atomic mass is 10.7. The van der Waals surface area contributed by atoms with Crippen molar-refractivity contribution in [1.82, 2.24) is 4.90 Å². The Labute approximate surface area is 95.2 Å². The molecule has 0 unspecified atom stereocenters. The molecule has 100 valence electrons. The molecule has 0 aromatic rings. The number of halogens is 3. The molecular weight excluding hydrogens is 247 g/mol. The number of carbonyl (C=O) groups is 2. The normalized spacial score (nSPS) is 14.1. The first-order valence-corrected chi connectivity index (χ1v) is 4.43. The maximum absolute atomic E-state index is 11.4. The first-order chi connectivity index (χ1) is 7.72. The summed E-state index contributed by atoms with van der Waals surface area (Å²) in [6, 6.07) is 0. The number of hydrogen-bond donors (Lipinski definition) is 0. The summed E-state index contributed by atoms with van der Waals surface area (Å²) in [7, 11) is 2.61. The molecule has 0 aromatic carbocycles. The zero-order valence-electron chi connectivity index (χ0n) is 9.24. The molecule has 1 heterocycles. The third kappa shape index (κ3) is 9.27. The minimum Gasteiger partial charge on any atom is -0.440 e. The third-order valence-corrected chi connectivity index (χ3v) is 1.25. The summed E-state index contributed by atoms with van der Waals surface area (Å²) < 4.78 is 46.6. The molecule has 1 amide bonds. The molecule has 0 aliphatic carbocycles. The Morgan fingerprint density at radius 1 is 1.35 bits per heavy atom. The summed E-state index contributed by atoms with van der Waals surface area (Å²) in [5.74, 6) is 0. The lowest BCUT2D eigenvalue weighted by Crippen LogP contribution is -2.27. The quantitative estimate of drug-likeness (QED) is 0.666. The molecule has 1 rings (SSSR count). The van der Waals surface area contributed by atoms with E-state index in [1.54, 1.807) is 0 Å². The van der Waals surface area contributed by atoms with E-state index in [0.29, 0.717) is 13.2 Å². The van der Waals surface area contributed by atoms with Crippen molar-refractivity contribution in [1.29, 1.82) is 0 Å². The molecule has 0 N–H and O–H groups in total. The van der Waals surface area contributed by atoms with Gasteiger partial charge in [0.1, 0.15) is 13.2 Å². The molecule has 0 aromatic heterocycles. The Hall–Kier alpha value is -1.67. The van der Waals surface area contributed by atoms with Crippen molar-refractivity contribution >= 4 is 12.2 Å². The molecule has 1 aliphatic heterocycles. The molecule has 1 saturated heterocycles. The number of carbonyl (C=O) groups excluding carboxylic acids is 2. The fraction of sp³-hybridized carbons (Fsp3) is 0.750. The molecule has 6 nitrogen and oxygen atoms in total. The van der Waals surface area contributed by atoms with Crippen LogP contribution in [0.4, 0.5) is 22.8 Å². The first-order valence-electron chi connectivity index (χ1n) is 4.43. The van der Waals surface area contributed by atoms with Gasteiger partial charge in [-0.25, -0.2) is 9.59 Å². The third-order valence-electron chi connectivity index (χ3n) is 1.25. The van der Waals surface area contributed by atoms with Crippen molar-refractivity contribution < 1.29 is 37.0 Å². The van der Waals surface area contributed by atoms with Crippen molar-refractivity contribution in [3.8, 4) is 0 Å². The Morgan fingerprint density at radius 2 is 1.82 bits per heavy atom. The maximum Gasteiger partial charge on any atom is 0.508 e. The lowest BCUT2D eigenvalue weighted by molar-refractivity contribution is -0.161. The van der Waals surface area contributed by atoms with Gasteiger partial charge in [-0.15, -0.1) is 0 Å². The van der Waals surface area contributed by atoms with Crippen molar-refractivity contribution in [2.24, 2.45) is 0 Å². The van der Waals surface area contributed by atoms with E-state index in [9.17, 15) is 22.8 Å². The van der Waals surface area contributed by atoms with Gasteiger partial charge in [0, 0.05) is 14.1 Å². The average molecular weight is 259 g/mol. The number of nitrogens with zero attached hydrogens (tertiary/aromatic N) is 1. The van der Waals surface area contributed by atoms with E-state index < -0.39 is 25.0 Å². The molecule has 1 aliphatic rings. The molecule has 0 bridgehead atoms. The molecule has 0 saturated carbocycles. The van der Waals surface area contributed by atoms with Gasteiger partial charge in [-0.2, -0.15) is 13.2 Å². The van der Waals surface area contributed by atoms with E-state index in [-0.39, 0.29) is 0 Å². The summed E-state index contributed by atoms with van der Waals surface area (Å²) in [4.78, 5) is 21.1. The van der Waals surface area contributed by atoms with Crippen LogP contribution >= 0.6 is 0 Å². The highest BCUT2D eigenvalue weighted by Gasteiger charge is 2.29. The van der Waals surface area contributed by atoms with Crippen molar-refractivity contribution in [2.75, 3.05) is 33.9 Å². The largest absolute Gasteiger partial charge is 0.508 e. The van der Waals surface area contributed by atoms with E-state index in [0.717, 1.165) is 4.90 Å². The Balaban J connectivity index is 0.000000354.